The van der Waals surface area contributed by atoms with E-state index < -0.39 is 0 Å². The van der Waals surface area contributed by atoms with Crippen molar-refractivity contribution < 1.29 is 0 Å². The van der Waals surface area contributed by atoms with Crippen LogP contribution in [0.2, 0.25) is 0 Å². The van der Waals surface area contributed by atoms with Gasteiger partial charge >= 0.3 is 0 Å². The lowest BCUT2D eigenvalue weighted by molar-refractivity contribution is 0.294. The molecule has 0 amide bonds. The van der Waals surface area contributed by atoms with E-state index in [1.165, 1.54) is 35.5 Å². The van der Waals surface area contributed by atoms with Gasteiger partial charge in [-0.15, -0.1) is 0 Å². The summed E-state index contributed by atoms with van der Waals surface area (Å²) < 4.78 is 0. The average Bonchev–Trinajstić information content (AvgIpc) is 3.37. The van der Waals surface area contributed by atoms with Crippen molar-refractivity contribution in [2.24, 2.45) is 0 Å². The Bertz CT molecular complexity index is 1410. The average molecular weight is 480 g/mol. The molecule has 1 saturated heterocycles. The van der Waals surface area contributed by atoms with E-state index >= 15 is 0 Å². The minimum absolute atomic E-state index is 0.527. The van der Waals surface area contributed by atoms with Crippen LogP contribution in [-0.4, -0.2) is 39.5 Å². The third-order valence-corrected chi connectivity index (χ3v) is 7.57. The van der Waals surface area contributed by atoms with Crippen LogP contribution in [0, 0.1) is 25.2 Å². The molecule has 0 atom stereocenters. The normalized spacial score (nSPS) is 14.4. The standard InChI is InChI=1S/C29H29N5S/c1-20-25-11-12-31-28(25)10-9-27(20)33-29-24(17-30)18-32-21(2)26(29)8-7-22-3-5-23(6-4-22)19-34-13-15-35-16-14-34/h3-12,18,31H,13-16,19H2,1-2H3,(H,32,33). The third-order valence-electron chi connectivity index (χ3n) is 6.63. The van der Waals surface area contributed by atoms with Crippen molar-refractivity contribution in [3.63, 3.8) is 0 Å². The molecule has 6 heteroatoms. The number of aryl methyl sites for hydroxylation is 2. The number of aromatic nitrogens is 2. The number of H-pyrrole nitrogens is 1. The van der Waals surface area contributed by atoms with Gasteiger partial charge in [-0.1, -0.05) is 36.4 Å². The largest absolute Gasteiger partial charge is 0.361 e. The summed E-state index contributed by atoms with van der Waals surface area (Å²) in [5.41, 5.74) is 8.80. The van der Waals surface area contributed by atoms with Gasteiger partial charge in [-0.3, -0.25) is 9.88 Å². The van der Waals surface area contributed by atoms with Gasteiger partial charge in [0.2, 0.25) is 0 Å². The van der Waals surface area contributed by atoms with Crippen molar-refractivity contribution >= 4 is 46.2 Å². The lowest BCUT2D eigenvalue weighted by Gasteiger charge is -2.26. The Kier molecular flexibility index (Phi) is 6.89. The fourth-order valence-electron chi connectivity index (χ4n) is 4.53. The summed E-state index contributed by atoms with van der Waals surface area (Å²) in [5, 5.41) is 14.5. The molecule has 1 aliphatic heterocycles. The highest BCUT2D eigenvalue weighted by Gasteiger charge is 2.14. The summed E-state index contributed by atoms with van der Waals surface area (Å²) in [4.78, 5) is 10.3. The van der Waals surface area contributed by atoms with Crippen molar-refractivity contribution in [1.82, 2.24) is 14.9 Å². The van der Waals surface area contributed by atoms with Gasteiger partial charge in [0.25, 0.3) is 0 Å². The molecule has 0 bridgehead atoms. The Labute approximate surface area is 210 Å². The van der Waals surface area contributed by atoms with Gasteiger partial charge < -0.3 is 10.3 Å². The van der Waals surface area contributed by atoms with Crippen LogP contribution in [0.3, 0.4) is 0 Å². The Hall–Kier alpha value is -3.53. The lowest BCUT2D eigenvalue weighted by atomic mass is 10.0. The number of pyridine rings is 1. The number of nitriles is 1. The molecular weight excluding hydrogens is 450 g/mol. The molecule has 2 aromatic carbocycles. The van der Waals surface area contributed by atoms with E-state index in [1.54, 1.807) is 6.20 Å². The van der Waals surface area contributed by atoms with Gasteiger partial charge in [-0.2, -0.15) is 17.0 Å². The Balaban J connectivity index is 1.41. The Morgan fingerprint density at radius 1 is 1.09 bits per heavy atom. The van der Waals surface area contributed by atoms with E-state index in [4.69, 9.17) is 0 Å². The minimum atomic E-state index is 0.527. The maximum absolute atomic E-state index is 9.81. The first-order valence-electron chi connectivity index (χ1n) is 11.9. The van der Waals surface area contributed by atoms with Crippen LogP contribution in [0.1, 0.15) is 33.5 Å². The number of anilines is 2. The fraction of sp³-hybridized carbons (Fsp3) is 0.241. The summed E-state index contributed by atoms with van der Waals surface area (Å²) in [6.45, 7) is 7.42. The predicted octanol–water partition coefficient (Wildman–Crippen LogP) is 6.51. The molecule has 2 aromatic heterocycles. The molecule has 4 aromatic rings. The SMILES string of the molecule is Cc1ncc(C#N)c(Nc2ccc3[nH]ccc3c2C)c1C=Cc1ccc(CN2CCSCC2)cc1. The van der Waals surface area contributed by atoms with Crippen molar-refractivity contribution in [2.45, 2.75) is 20.4 Å². The molecule has 176 valence electrons. The molecule has 0 spiro atoms. The van der Waals surface area contributed by atoms with Crippen LogP contribution in [0.15, 0.2) is 54.9 Å². The molecule has 0 aliphatic carbocycles. The molecule has 0 radical (unpaired) electrons. The first kappa shape index (κ1) is 23.2. The van der Waals surface area contributed by atoms with Crippen molar-refractivity contribution in [1.29, 1.82) is 5.26 Å². The van der Waals surface area contributed by atoms with Gasteiger partial charge in [0.05, 0.1) is 11.3 Å². The molecule has 3 heterocycles. The summed E-state index contributed by atoms with van der Waals surface area (Å²) in [6.07, 6.45) is 7.75. The van der Waals surface area contributed by atoms with Crippen molar-refractivity contribution in [3.05, 3.63) is 88.4 Å². The second kappa shape index (κ2) is 10.4. The van der Waals surface area contributed by atoms with Crippen molar-refractivity contribution in [2.75, 3.05) is 29.9 Å². The number of aromatic amines is 1. The minimum Gasteiger partial charge on any atom is -0.361 e. The van der Waals surface area contributed by atoms with E-state index in [0.717, 1.165) is 45.8 Å². The molecule has 35 heavy (non-hydrogen) atoms. The van der Waals surface area contributed by atoms with E-state index in [-0.39, 0.29) is 0 Å². The molecule has 5 nitrogen and oxygen atoms in total. The first-order chi connectivity index (χ1) is 17.1. The number of hydrogen-bond donors (Lipinski definition) is 2. The van der Waals surface area contributed by atoms with Gasteiger partial charge in [-0.05, 0) is 48.7 Å². The number of benzene rings is 2. The maximum Gasteiger partial charge on any atom is 0.103 e. The van der Waals surface area contributed by atoms with Gasteiger partial charge in [0.15, 0.2) is 0 Å². The Morgan fingerprint density at radius 2 is 1.89 bits per heavy atom. The molecule has 5 rings (SSSR count). The second-order valence-corrected chi connectivity index (χ2v) is 10.1. The maximum atomic E-state index is 9.81. The van der Waals surface area contributed by atoms with Crippen LogP contribution in [0.4, 0.5) is 11.4 Å². The van der Waals surface area contributed by atoms with E-state index in [9.17, 15) is 5.26 Å². The fourth-order valence-corrected chi connectivity index (χ4v) is 5.51. The summed E-state index contributed by atoms with van der Waals surface area (Å²) in [7, 11) is 0. The van der Waals surface area contributed by atoms with E-state index in [0.29, 0.717) is 5.56 Å². The molecular formula is C29H29N5S. The number of thioether (sulfide) groups is 1. The highest BCUT2D eigenvalue weighted by Crippen LogP contribution is 2.32. The van der Waals surface area contributed by atoms with Crippen molar-refractivity contribution in [3.8, 4) is 6.07 Å². The third kappa shape index (κ3) is 5.12. The van der Waals surface area contributed by atoms with E-state index in [1.807, 2.05) is 24.9 Å². The summed E-state index contributed by atoms with van der Waals surface area (Å²) >= 11 is 2.04. The van der Waals surface area contributed by atoms with Crippen LogP contribution in [0.25, 0.3) is 23.1 Å². The smallest absolute Gasteiger partial charge is 0.103 e. The first-order valence-corrected chi connectivity index (χ1v) is 13.1. The monoisotopic (exact) mass is 479 g/mol. The number of rotatable bonds is 6. The molecule has 0 saturated carbocycles. The summed E-state index contributed by atoms with van der Waals surface area (Å²) in [5.74, 6) is 2.45. The lowest BCUT2D eigenvalue weighted by Crippen LogP contribution is -2.31. The molecule has 2 N–H and O–H groups in total. The zero-order valence-corrected chi connectivity index (χ0v) is 21.0. The zero-order valence-electron chi connectivity index (χ0n) is 20.1. The van der Waals surface area contributed by atoms with Gasteiger partial charge in [0, 0.05) is 71.4 Å². The van der Waals surface area contributed by atoms with Gasteiger partial charge in [-0.25, -0.2) is 0 Å². The number of nitrogens with zero attached hydrogens (tertiary/aromatic N) is 3. The van der Waals surface area contributed by atoms with Gasteiger partial charge in [0.1, 0.15) is 6.07 Å². The van der Waals surface area contributed by atoms with E-state index in [2.05, 4.69) is 87.8 Å². The van der Waals surface area contributed by atoms with Crippen LogP contribution < -0.4 is 5.32 Å². The Morgan fingerprint density at radius 3 is 2.66 bits per heavy atom. The molecule has 1 aliphatic rings. The highest BCUT2D eigenvalue weighted by atomic mass is 32.2. The van der Waals surface area contributed by atoms with Crippen LogP contribution in [0.5, 0.6) is 0 Å². The zero-order chi connectivity index (χ0) is 24.2. The number of hydrogen-bond acceptors (Lipinski definition) is 5. The number of nitrogens with one attached hydrogen (secondary N) is 2. The predicted molar refractivity (Wildman–Crippen MR) is 148 cm³/mol. The topological polar surface area (TPSA) is 67.7 Å². The molecule has 1 fully saturated rings. The number of fused-ring (bicyclic) bond motifs is 1. The van der Waals surface area contributed by atoms with Crippen LogP contribution >= 0.6 is 11.8 Å². The van der Waals surface area contributed by atoms with Crippen LogP contribution in [-0.2, 0) is 6.54 Å². The highest BCUT2D eigenvalue weighted by molar-refractivity contribution is 7.99. The second-order valence-electron chi connectivity index (χ2n) is 8.92. The summed E-state index contributed by atoms with van der Waals surface area (Å²) in [6, 6.07) is 17.3. The quantitative estimate of drug-likeness (QED) is 0.330. The molecule has 0 unspecified atom stereocenters.